The van der Waals surface area contributed by atoms with Crippen LogP contribution in [0.3, 0.4) is 0 Å². The molecule has 0 amide bonds. The van der Waals surface area contributed by atoms with Crippen molar-refractivity contribution in [3.8, 4) is 17.6 Å². The van der Waals surface area contributed by atoms with Crippen molar-refractivity contribution < 1.29 is 14.6 Å². The first-order chi connectivity index (χ1) is 12.6. The Morgan fingerprint density at radius 2 is 1.69 bits per heavy atom. The van der Waals surface area contributed by atoms with E-state index in [4.69, 9.17) is 4.42 Å². The fraction of sp³-hybridized carbons (Fsp3) is 0. The largest absolute Gasteiger partial charge is 0.508 e. The molecular weight excluding hydrogens is 336 g/mol. The molecule has 26 heavy (non-hydrogen) atoms. The second-order valence-electron chi connectivity index (χ2n) is 5.77. The highest BCUT2D eigenvalue weighted by atomic mass is 16.3. The first-order valence-electron chi connectivity index (χ1n) is 7.68. The Bertz CT molecular complexity index is 1370. The molecule has 0 fully saturated rings. The number of pyridine rings is 1. The molecule has 0 unspecified atom stereocenters. The lowest BCUT2D eigenvalue weighted by Gasteiger charge is -2.14. The minimum atomic E-state index is -0.363. The third-order valence-electron chi connectivity index (χ3n) is 4.28. The van der Waals surface area contributed by atoms with Gasteiger partial charge in [-0.15, -0.1) is 0 Å². The topological polar surface area (TPSA) is 114 Å². The van der Waals surface area contributed by atoms with E-state index in [1.165, 1.54) is 29.4 Å². The van der Waals surface area contributed by atoms with E-state index >= 15 is 0 Å². The Labute approximate surface area is 144 Å². The fourth-order valence-electron chi connectivity index (χ4n) is 3.16. The molecule has 0 atom stereocenters. The average Bonchev–Trinajstić information content (AvgIpc) is 2.66. The Balaban J connectivity index is 2.09. The molecule has 0 bridgehead atoms. The molecule has 0 spiro atoms. The molecule has 3 aromatic heterocycles. The standard InChI is InChI=1S/C18H10N4O4/c23-9-1-3-13-10(5-9)11-6-22(18-20-7-19-8-21-18)17(25)16-12(24)2-4-14(26-13)15(11)16/h1-8,23,25H. The van der Waals surface area contributed by atoms with E-state index < -0.39 is 0 Å². The summed E-state index contributed by atoms with van der Waals surface area (Å²) in [6, 6.07) is 7.61. The van der Waals surface area contributed by atoms with Crippen molar-refractivity contribution in [2.75, 3.05) is 0 Å². The number of rotatable bonds is 1. The highest BCUT2D eigenvalue weighted by Crippen LogP contribution is 2.37. The van der Waals surface area contributed by atoms with E-state index in [1.54, 1.807) is 24.4 Å². The number of benzene rings is 2. The van der Waals surface area contributed by atoms with Crippen LogP contribution in [0.25, 0.3) is 38.7 Å². The predicted octanol–water partition coefficient (Wildman–Crippen LogP) is 2.49. The second-order valence-corrected chi connectivity index (χ2v) is 5.77. The number of nitrogens with zero attached hydrogens (tertiary/aromatic N) is 4. The molecular formula is C18H10N4O4. The van der Waals surface area contributed by atoms with Gasteiger partial charge in [0.05, 0.1) is 5.39 Å². The number of phenolic OH excluding ortho intramolecular Hbond substituents is 1. The summed E-state index contributed by atoms with van der Waals surface area (Å²) in [5, 5.41) is 22.4. The molecule has 3 heterocycles. The number of hydrogen-bond donors (Lipinski definition) is 2. The quantitative estimate of drug-likeness (QED) is 0.354. The Morgan fingerprint density at radius 1 is 0.923 bits per heavy atom. The number of fused-ring (bicyclic) bond motifs is 2. The maximum Gasteiger partial charge on any atom is 0.239 e. The third-order valence-corrected chi connectivity index (χ3v) is 4.28. The van der Waals surface area contributed by atoms with E-state index in [2.05, 4.69) is 15.0 Å². The highest BCUT2D eigenvalue weighted by Gasteiger charge is 2.19. The van der Waals surface area contributed by atoms with Gasteiger partial charge in [0.25, 0.3) is 0 Å². The monoisotopic (exact) mass is 346 g/mol. The van der Waals surface area contributed by atoms with Crippen LogP contribution in [0.1, 0.15) is 0 Å². The molecule has 0 aliphatic rings. The fourth-order valence-corrected chi connectivity index (χ4v) is 3.16. The molecule has 8 heteroatoms. The Morgan fingerprint density at radius 3 is 2.50 bits per heavy atom. The van der Waals surface area contributed by atoms with Crippen molar-refractivity contribution in [2.45, 2.75) is 0 Å². The van der Waals surface area contributed by atoms with E-state index in [-0.39, 0.29) is 28.4 Å². The molecule has 0 aliphatic heterocycles. The van der Waals surface area contributed by atoms with Gasteiger partial charge in [-0.25, -0.2) is 15.0 Å². The number of phenols is 1. The van der Waals surface area contributed by atoms with Gasteiger partial charge in [-0.1, -0.05) is 0 Å². The number of aromatic nitrogens is 4. The van der Waals surface area contributed by atoms with Gasteiger partial charge in [-0.2, -0.15) is 0 Å². The lowest BCUT2D eigenvalue weighted by molar-refractivity contribution is 0.442. The van der Waals surface area contributed by atoms with Gasteiger partial charge in [0, 0.05) is 22.4 Å². The summed E-state index contributed by atoms with van der Waals surface area (Å²) < 4.78 is 7.16. The summed E-state index contributed by atoms with van der Waals surface area (Å²) in [4.78, 5) is 24.3. The molecule has 0 saturated carbocycles. The van der Waals surface area contributed by atoms with Gasteiger partial charge in [0.1, 0.15) is 29.6 Å². The van der Waals surface area contributed by atoms with Gasteiger partial charge < -0.3 is 14.6 Å². The lowest BCUT2D eigenvalue weighted by Crippen LogP contribution is -2.08. The predicted molar refractivity (Wildman–Crippen MR) is 93.5 cm³/mol. The van der Waals surface area contributed by atoms with E-state index in [1.807, 2.05) is 0 Å². The van der Waals surface area contributed by atoms with Crippen molar-refractivity contribution in [2.24, 2.45) is 0 Å². The summed E-state index contributed by atoms with van der Waals surface area (Å²) in [6.45, 7) is 0. The molecule has 0 aliphatic carbocycles. The first kappa shape index (κ1) is 14.4. The molecule has 8 nitrogen and oxygen atoms in total. The van der Waals surface area contributed by atoms with Crippen LogP contribution in [0.15, 0.2) is 58.4 Å². The molecule has 2 N–H and O–H groups in total. The first-order valence-corrected chi connectivity index (χ1v) is 7.68. The Kier molecular flexibility index (Phi) is 2.79. The van der Waals surface area contributed by atoms with Crippen LogP contribution in [0.4, 0.5) is 0 Å². The minimum Gasteiger partial charge on any atom is -0.508 e. The maximum atomic E-state index is 12.5. The molecule has 0 radical (unpaired) electrons. The summed E-state index contributed by atoms with van der Waals surface area (Å²) >= 11 is 0. The zero-order valence-corrected chi connectivity index (χ0v) is 13.1. The number of hydrogen-bond acceptors (Lipinski definition) is 7. The zero-order valence-electron chi connectivity index (χ0n) is 13.1. The van der Waals surface area contributed by atoms with Crippen molar-refractivity contribution in [3.63, 3.8) is 0 Å². The lowest BCUT2D eigenvalue weighted by atomic mass is 10.0. The molecule has 2 aromatic carbocycles. The van der Waals surface area contributed by atoms with Gasteiger partial charge in [0.15, 0.2) is 5.43 Å². The van der Waals surface area contributed by atoms with Crippen LogP contribution in [0, 0.1) is 0 Å². The Hall–Kier alpha value is -3.94. The van der Waals surface area contributed by atoms with Gasteiger partial charge >= 0.3 is 0 Å². The van der Waals surface area contributed by atoms with Crippen LogP contribution < -0.4 is 5.43 Å². The van der Waals surface area contributed by atoms with Crippen LogP contribution in [-0.2, 0) is 0 Å². The van der Waals surface area contributed by atoms with Gasteiger partial charge in [-0.3, -0.25) is 9.36 Å². The summed E-state index contributed by atoms with van der Waals surface area (Å²) in [6.07, 6.45) is 4.20. The van der Waals surface area contributed by atoms with Crippen LogP contribution >= 0.6 is 0 Å². The van der Waals surface area contributed by atoms with E-state index in [0.29, 0.717) is 27.3 Å². The van der Waals surface area contributed by atoms with E-state index in [9.17, 15) is 15.0 Å². The molecule has 0 saturated heterocycles. The normalized spacial score (nSPS) is 11.5. The summed E-state index contributed by atoms with van der Waals surface area (Å²) in [5.41, 5.74) is 0.618. The summed E-state index contributed by atoms with van der Waals surface area (Å²) in [5.74, 6) is -0.0790. The van der Waals surface area contributed by atoms with Gasteiger partial charge in [-0.05, 0) is 30.3 Å². The molecule has 5 aromatic rings. The van der Waals surface area contributed by atoms with Crippen LogP contribution in [0.2, 0.25) is 0 Å². The van der Waals surface area contributed by atoms with Crippen LogP contribution in [-0.4, -0.2) is 29.7 Å². The number of aromatic hydroxyl groups is 2. The second kappa shape index (κ2) is 5.03. The smallest absolute Gasteiger partial charge is 0.239 e. The van der Waals surface area contributed by atoms with Crippen molar-refractivity contribution in [3.05, 3.63) is 59.4 Å². The van der Waals surface area contributed by atoms with Crippen LogP contribution in [0.5, 0.6) is 11.6 Å². The third kappa shape index (κ3) is 1.89. The summed E-state index contributed by atoms with van der Waals surface area (Å²) in [7, 11) is 0. The maximum absolute atomic E-state index is 12.5. The van der Waals surface area contributed by atoms with Gasteiger partial charge in [0.2, 0.25) is 11.8 Å². The molecule has 126 valence electrons. The van der Waals surface area contributed by atoms with Crippen molar-refractivity contribution >= 4 is 32.7 Å². The zero-order chi connectivity index (χ0) is 17.8. The van der Waals surface area contributed by atoms with Crippen molar-refractivity contribution in [1.29, 1.82) is 0 Å². The van der Waals surface area contributed by atoms with E-state index in [0.717, 1.165) is 0 Å². The SMILES string of the molecule is O=c1ccc2oc3ccc(O)cc3c3cn(-c4ncncn4)c(O)c1c23. The highest BCUT2D eigenvalue weighted by molar-refractivity contribution is 6.18. The average molecular weight is 346 g/mol. The molecule has 5 rings (SSSR count). The van der Waals surface area contributed by atoms with Crippen molar-refractivity contribution in [1.82, 2.24) is 19.5 Å². The minimum absolute atomic E-state index is 0.0574.